The molecule has 0 saturated heterocycles. The van der Waals surface area contributed by atoms with Gasteiger partial charge in [0.1, 0.15) is 11.2 Å². The van der Waals surface area contributed by atoms with Crippen molar-refractivity contribution in [1.82, 2.24) is 0 Å². The lowest BCUT2D eigenvalue weighted by atomic mass is 10.0. The Kier molecular flexibility index (Phi) is 2.36. The summed E-state index contributed by atoms with van der Waals surface area (Å²) in [4.78, 5) is 4.05. The van der Waals surface area contributed by atoms with E-state index in [0.717, 1.165) is 22.1 Å². The summed E-state index contributed by atoms with van der Waals surface area (Å²) in [5.74, 6) is 0. The van der Waals surface area contributed by atoms with E-state index in [-0.39, 0.29) is 0 Å². The molecule has 0 unspecified atom stereocenters. The van der Waals surface area contributed by atoms with Crippen molar-refractivity contribution < 1.29 is 4.42 Å². The summed E-state index contributed by atoms with van der Waals surface area (Å²) in [7, 11) is 1.77. The van der Waals surface area contributed by atoms with Crippen LogP contribution in [0.15, 0.2) is 64.0 Å². The summed E-state index contributed by atoms with van der Waals surface area (Å²) in [6.45, 7) is 0. The number of nitrogens with zero attached hydrogens (tertiary/aromatic N) is 1. The summed E-state index contributed by atoms with van der Waals surface area (Å²) >= 11 is 0. The molecule has 1 aromatic heterocycles. The molecule has 0 saturated carbocycles. The molecule has 0 N–H and O–H groups in total. The standard InChI is InChI=1S/C18H13NO/c1-19-11-12-6-8-15-17(10-12)20-16-9-7-13-4-2-3-5-14(13)18(15)16/h2-11H,1H3. The first-order chi connectivity index (χ1) is 9.86. The van der Waals surface area contributed by atoms with E-state index in [9.17, 15) is 0 Å². The number of fused-ring (bicyclic) bond motifs is 5. The van der Waals surface area contributed by atoms with Crippen LogP contribution in [0.2, 0.25) is 0 Å². The third-order valence-corrected chi connectivity index (χ3v) is 3.66. The third kappa shape index (κ3) is 1.55. The van der Waals surface area contributed by atoms with Gasteiger partial charge in [0.15, 0.2) is 0 Å². The summed E-state index contributed by atoms with van der Waals surface area (Å²) in [6.07, 6.45) is 1.84. The summed E-state index contributed by atoms with van der Waals surface area (Å²) in [5, 5.41) is 4.82. The highest BCUT2D eigenvalue weighted by Gasteiger charge is 2.10. The normalized spacial score (nSPS) is 12.1. The smallest absolute Gasteiger partial charge is 0.136 e. The minimum Gasteiger partial charge on any atom is -0.456 e. The van der Waals surface area contributed by atoms with Crippen LogP contribution in [0, 0.1) is 0 Å². The molecule has 96 valence electrons. The topological polar surface area (TPSA) is 25.5 Å². The molecular formula is C18H13NO. The zero-order valence-electron chi connectivity index (χ0n) is 11.1. The van der Waals surface area contributed by atoms with Crippen LogP contribution in [0.1, 0.15) is 5.56 Å². The maximum atomic E-state index is 5.99. The molecule has 0 aliphatic heterocycles. The number of hydrogen-bond donors (Lipinski definition) is 0. The Morgan fingerprint density at radius 3 is 2.70 bits per heavy atom. The molecule has 0 atom stereocenters. The average Bonchev–Trinajstić information content (AvgIpc) is 2.85. The van der Waals surface area contributed by atoms with Crippen molar-refractivity contribution in [2.45, 2.75) is 0 Å². The summed E-state index contributed by atoms with van der Waals surface area (Å²) in [6, 6.07) is 18.8. The molecule has 1 heterocycles. The Hall–Kier alpha value is -2.61. The number of benzene rings is 3. The fraction of sp³-hybridized carbons (Fsp3) is 0.0556. The summed E-state index contributed by atoms with van der Waals surface area (Å²) in [5.41, 5.74) is 2.90. The van der Waals surface area contributed by atoms with Crippen LogP contribution in [0.25, 0.3) is 32.7 Å². The second-order valence-corrected chi connectivity index (χ2v) is 4.90. The Morgan fingerprint density at radius 2 is 1.80 bits per heavy atom. The predicted octanol–water partition coefficient (Wildman–Crippen LogP) is 4.79. The highest BCUT2D eigenvalue weighted by Crippen LogP contribution is 2.34. The van der Waals surface area contributed by atoms with Gasteiger partial charge < -0.3 is 4.42 Å². The molecule has 0 amide bonds. The Bertz CT molecular complexity index is 963. The second kappa shape index (κ2) is 4.20. The lowest BCUT2D eigenvalue weighted by Crippen LogP contribution is -1.79. The first-order valence-corrected chi connectivity index (χ1v) is 6.63. The Balaban J connectivity index is 2.17. The largest absolute Gasteiger partial charge is 0.456 e. The maximum Gasteiger partial charge on any atom is 0.136 e. The van der Waals surface area contributed by atoms with Gasteiger partial charge in [0, 0.05) is 24.0 Å². The molecule has 0 bridgehead atoms. The highest BCUT2D eigenvalue weighted by molar-refractivity contribution is 6.19. The minimum atomic E-state index is 0.911. The number of furan rings is 1. The van der Waals surface area contributed by atoms with Crippen LogP contribution >= 0.6 is 0 Å². The van der Waals surface area contributed by atoms with Gasteiger partial charge in [-0.2, -0.15) is 0 Å². The predicted molar refractivity (Wildman–Crippen MR) is 84.7 cm³/mol. The number of aliphatic imine (C=N–C) groups is 1. The molecule has 2 heteroatoms. The van der Waals surface area contributed by atoms with E-state index in [0.29, 0.717) is 0 Å². The first kappa shape index (κ1) is 11.2. The zero-order valence-corrected chi connectivity index (χ0v) is 11.1. The van der Waals surface area contributed by atoms with Gasteiger partial charge in [-0.15, -0.1) is 0 Å². The molecule has 0 aliphatic carbocycles. The number of rotatable bonds is 1. The van der Waals surface area contributed by atoms with Crippen molar-refractivity contribution in [2.24, 2.45) is 4.99 Å². The van der Waals surface area contributed by atoms with Crippen LogP contribution < -0.4 is 0 Å². The van der Waals surface area contributed by atoms with Gasteiger partial charge in [-0.1, -0.05) is 36.4 Å². The van der Waals surface area contributed by atoms with E-state index in [4.69, 9.17) is 4.42 Å². The lowest BCUT2D eigenvalue weighted by molar-refractivity contribution is 0.669. The third-order valence-electron chi connectivity index (χ3n) is 3.66. The maximum absolute atomic E-state index is 5.99. The van der Waals surface area contributed by atoms with Gasteiger partial charge in [-0.05, 0) is 34.5 Å². The first-order valence-electron chi connectivity index (χ1n) is 6.63. The quantitative estimate of drug-likeness (QED) is 0.451. The van der Waals surface area contributed by atoms with Crippen molar-refractivity contribution in [2.75, 3.05) is 7.05 Å². The SMILES string of the molecule is CN=Cc1ccc2c(c1)oc1ccc3ccccc3c12. The molecular weight excluding hydrogens is 246 g/mol. The van der Waals surface area contributed by atoms with E-state index in [1.165, 1.54) is 16.2 Å². The second-order valence-electron chi connectivity index (χ2n) is 4.90. The molecule has 2 nitrogen and oxygen atoms in total. The Morgan fingerprint density at radius 1 is 0.900 bits per heavy atom. The van der Waals surface area contributed by atoms with Crippen molar-refractivity contribution in [3.05, 3.63) is 60.2 Å². The molecule has 4 rings (SSSR count). The number of hydrogen-bond acceptors (Lipinski definition) is 2. The van der Waals surface area contributed by atoms with E-state index in [2.05, 4.69) is 47.5 Å². The van der Waals surface area contributed by atoms with Gasteiger partial charge in [-0.3, -0.25) is 4.99 Å². The molecule has 3 aromatic carbocycles. The van der Waals surface area contributed by atoms with Crippen LogP contribution in [0.5, 0.6) is 0 Å². The van der Waals surface area contributed by atoms with E-state index < -0.39 is 0 Å². The average molecular weight is 259 g/mol. The molecule has 0 spiro atoms. The van der Waals surface area contributed by atoms with Crippen molar-refractivity contribution >= 4 is 38.9 Å². The van der Waals surface area contributed by atoms with Gasteiger partial charge >= 0.3 is 0 Å². The van der Waals surface area contributed by atoms with Gasteiger partial charge in [0.25, 0.3) is 0 Å². The molecule has 4 aromatic rings. The lowest BCUT2D eigenvalue weighted by Gasteiger charge is -1.98. The van der Waals surface area contributed by atoms with Crippen LogP contribution in [0.3, 0.4) is 0 Å². The van der Waals surface area contributed by atoms with Gasteiger partial charge in [0.05, 0.1) is 0 Å². The van der Waals surface area contributed by atoms with Crippen LogP contribution in [-0.4, -0.2) is 13.3 Å². The zero-order chi connectivity index (χ0) is 13.5. The van der Waals surface area contributed by atoms with E-state index in [1.54, 1.807) is 7.05 Å². The van der Waals surface area contributed by atoms with Crippen molar-refractivity contribution in [3.63, 3.8) is 0 Å². The molecule has 0 radical (unpaired) electrons. The van der Waals surface area contributed by atoms with Gasteiger partial charge in [0.2, 0.25) is 0 Å². The minimum absolute atomic E-state index is 0.911. The fourth-order valence-electron chi connectivity index (χ4n) is 2.79. The van der Waals surface area contributed by atoms with Crippen LogP contribution in [-0.2, 0) is 0 Å². The van der Waals surface area contributed by atoms with Crippen molar-refractivity contribution in [1.29, 1.82) is 0 Å². The van der Waals surface area contributed by atoms with Crippen molar-refractivity contribution in [3.8, 4) is 0 Å². The highest BCUT2D eigenvalue weighted by atomic mass is 16.3. The van der Waals surface area contributed by atoms with E-state index in [1.807, 2.05) is 18.3 Å². The molecule has 20 heavy (non-hydrogen) atoms. The summed E-state index contributed by atoms with van der Waals surface area (Å²) < 4.78 is 5.99. The van der Waals surface area contributed by atoms with E-state index >= 15 is 0 Å². The fourth-order valence-corrected chi connectivity index (χ4v) is 2.79. The monoisotopic (exact) mass is 259 g/mol. The molecule has 0 aliphatic rings. The Labute approximate surface area is 116 Å². The van der Waals surface area contributed by atoms with Crippen LogP contribution in [0.4, 0.5) is 0 Å². The molecule has 0 fully saturated rings. The van der Waals surface area contributed by atoms with Gasteiger partial charge in [-0.25, -0.2) is 0 Å².